The molecule has 0 aliphatic carbocycles. The first kappa shape index (κ1) is 19.4. The number of H-pyrrole nitrogens is 1. The molecule has 0 unspecified atom stereocenters. The van der Waals surface area contributed by atoms with Gasteiger partial charge in [-0.25, -0.2) is 0 Å². The van der Waals surface area contributed by atoms with Crippen molar-refractivity contribution >= 4 is 34.9 Å². The third kappa shape index (κ3) is 4.39. The van der Waals surface area contributed by atoms with Gasteiger partial charge in [0.15, 0.2) is 0 Å². The molecule has 2 aromatic heterocycles. The molecule has 0 aliphatic heterocycles. The fourth-order valence-corrected chi connectivity index (χ4v) is 3.73. The summed E-state index contributed by atoms with van der Waals surface area (Å²) >= 11 is 3.54. The van der Waals surface area contributed by atoms with Crippen LogP contribution in [0.25, 0.3) is 10.9 Å². The molecular formula is C17H28BrN3O2Si. The molecule has 0 saturated carbocycles. The van der Waals surface area contributed by atoms with Crippen molar-refractivity contribution < 1.29 is 4.74 Å². The second kappa shape index (κ2) is 7.55. The van der Waals surface area contributed by atoms with Crippen LogP contribution in [0.2, 0.25) is 25.7 Å². The largest absolute Gasteiger partial charge is 0.361 e. The Labute approximate surface area is 153 Å². The van der Waals surface area contributed by atoms with Crippen molar-refractivity contribution in [3.8, 4) is 0 Å². The third-order valence-electron chi connectivity index (χ3n) is 4.35. The molecule has 5 nitrogen and oxygen atoms in total. The van der Waals surface area contributed by atoms with E-state index >= 15 is 0 Å². The Bertz CT molecular complexity index is 762. The van der Waals surface area contributed by atoms with Crippen LogP contribution in [-0.4, -0.2) is 43.2 Å². The predicted octanol–water partition coefficient (Wildman–Crippen LogP) is 4.03. The number of nitrogens with one attached hydrogen (secondary N) is 1. The van der Waals surface area contributed by atoms with Gasteiger partial charge in [-0.2, -0.15) is 0 Å². The number of hydrogen-bond acceptors (Lipinski definition) is 3. The Morgan fingerprint density at radius 1 is 1.38 bits per heavy atom. The molecule has 2 aromatic rings. The van der Waals surface area contributed by atoms with E-state index in [1.54, 1.807) is 6.20 Å². The average molecular weight is 414 g/mol. The van der Waals surface area contributed by atoms with Gasteiger partial charge in [0, 0.05) is 42.5 Å². The second-order valence-electron chi connectivity index (χ2n) is 7.71. The van der Waals surface area contributed by atoms with Gasteiger partial charge in [0.1, 0.15) is 12.2 Å². The molecule has 24 heavy (non-hydrogen) atoms. The highest BCUT2D eigenvalue weighted by molar-refractivity contribution is 9.10. The summed E-state index contributed by atoms with van der Waals surface area (Å²) < 4.78 is 8.84. The van der Waals surface area contributed by atoms with E-state index in [0.717, 1.165) is 28.2 Å². The topological polar surface area (TPSA) is 50.3 Å². The van der Waals surface area contributed by atoms with Crippen LogP contribution in [0.3, 0.4) is 0 Å². The second-order valence-corrected chi connectivity index (χ2v) is 14.2. The van der Waals surface area contributed by atoms with Gasteiger partial charge in [-0.05, 0) is 49.1 Å². The Hall–Kier alpha value is -0.893. The molecule has 7 heteroatoms. The van der Waals surface area contributed by atoms with Crippen LogP contribution in [-0.2, 0) is 11.5 Å². The molecule has 0 spiro atoms. The standard InChI is InChI=1S/C17H28BrN3O2Si/c1-12(20(2)3)15-9-13-14(18)10-19-17(22)16(13)21(15)11-23-7-8-24(4,5)6/h9-10,12H,7-8,11H2,1-6H3,(H,19,22)/t12-/m1/s1. The van der Waals surface area contributed by atoms with Gasteiger partial charge < -0.3 is 19.2 Å². The Morgan fingerprint density at radius 3 is 2.62 bits per heavy atom. The SMILES string of the molecule is C[C@H](c1cc2c(Br)c[nH]c(=O)c2n1COCC[Si](C)(C)C)N(C)C. The van der Waals surface area contributed by atoms with Crippen molar-refractivity contribution in [3.05, 3.63) is 32.8 Å². The smallest absolute Gasteiger partial charge is 0.272 e. The molecule has 1 N–H and O–H groups in total. The first-order valence-corrected chi connectivity index (χ1v) is 12.8. The molecule has 0 aromatic carbocycles. The van der Waals surface area contributed by atoms with Crippen molar-refractivity contribution in [2.45, 2.75) is 45.4 Å². The molecule has 0 aliphatic rings. The van der Waals surface area contributed by atoms with Crippen LogP contribution in [0.15, 0.2) is 21.5 Å². The van der Waals surface area contributed by atoms with E-state index in [-0.39, 0.29) is 11.6 Å². The van der Waals surface area contributed by atoms with Crippen molar-refractivity contribution in [1.82, 2.24) is 14.5 Å². The van der Waals surface area contributed by atoms with Gasteiger partial charge in [-0.3, -0.25) is 4.79 Å². The minimum atomic E-state index is -1.12. The van der Waals surface area contributed by atoms with Crippen LogP contribution in [0.4, 0.5) is 0 Å². The Kier molecular flexibility index (Phi) is 6.12. The fourth-order valence-electron chi connectivity index (χ4n) is 2.55. The molecule has 2 heterocycles. The van der Waals surface area contributed by atoms with E-state index in [2.05, 4.69) is 58.4 Å². The van der Waals surface area contributed by atoms with Crippen LogP contribution in [0.1, 0.15) is 18.7 Å². The van der Waals surface area contributed by atoms with Gasteiger partial charge >= 0.3 is 0 Å². The average Bonchev–Trinajstić information content (AvgIpc) is 2.86. The summed E-state index contributed by atoms with van der Waals surface area (Å²) in [6, 6.07) is 3.38. The van der Waals surface area contributed by atoms with E-state index in [1.165, 1.54) is 0 Å². The zero-order chi connectivity index (χ0) is 18.1. The van der Waals surface area contributed by atoms with Gasteiger partial charge in [-0.1, -0.05) is 19.6 Å². The first-order valence-electron chi connectivity index (χ1n) is 8.26. The van der Waals surface area contributed by atoms with Crippen LogP contribution >= 0.6 is 15.9 Å². The summed E-state index contributed by atoms with van der Waals surface area (Å²) in [6.45, 7) is 10.3. The molecule has 0 radical (unpaired) electrons. The minimum absolute atomic E-state index is 0.0841. The number of ether oxygens (including phenoxy) is 1. The van der Waals surface area contributed by atoms with Crippen LogP contribution in [0, 0.1) is 0 Å². The Morgan fingerprint density at radius 2 is 2.04 bits per heavy atom. The van der Waals surface area contributed by atoms with Crippen molar-refractivity contribution in [2.24, 2.45) is 0 Å². The number of rotatable bonds is 7. The highest BCUT2D eigenvalue weighted by Crippen LogP contribution is 2.29. The van der Waals surface area contributed by atoms with Crippen LogP contribution < -0.4 is 5.56 Å². The summed E-state index contributed by atoms with van der Waals surface area (Å²) in [5, 5.41) is 0.927. The number of aromatic nitrogens is 2. The third-order valence-corrected chi connectivity index (χ3v) is 6.71. The molecule has 0 amide bonds. The maximum atomic E-state index is 12.4. The first-order chi connectivity index (χ1) is 11.1. The zero-order valence-corrected chi connectivity index (χ0v) is 18.0. The van der Waals surface area contributed by atoms with Gasteiger partial charge in [-0.15, -0.1) is 0 Å². The molecule has 1 atom stereocenters. The number of aromatic amines is 1. The predicted molar refractivity (Wildman–Crippen MR) is 106 cm³/mol. The lowest BCUT2D eigenvalue weighted by atomic mass is 10.2. The molecule has 134 valence electrons. The summed E-state index contributed by atoms with van der Waals surface area (Å²) in [5.74, 6) is 0. The number of nitrogens with zero attached hydrogens (tertiary/aromatic N) is 2. The highest BCUT2D eigenvalue weighted by Gasteiger charge is 2.20. The summed E-state index contributed by atoms with van der Waals surface area (Å²) in [7, 11) is 2.96. The van der Waals surface area contributed by atoms with Crippen molar-refractivity contribution in [1.29, 1.82) is 0 Å². The van der Waals surface area contributed by atoms with Crippen LogP contribution in [0.5, 0.6) is 0 Å². The van der Waals surface area contributed by atoms with Gasteiger partial charge in [0.2, 0.25) is 0 Å². The highest BCUT2D eigenvalue weighted by atomic mass is 79.9. The molecule has 0 saturated heterocycles. The van der Waals surface area contributed by atoms with E-state index in [1.807, 2.05) is 18.7 Å². The lowest BCUT2D eigenvalue weighted by molar-refractivity contribution is 0.0856. The van der Waals surface area contributed by atoms with Crippen molar-refractivity contribution in [3.63, 3.8) is 0 Å². The number of halogens is 1. The molecular weight excluding hydrogens is 386 g/mol. The molecule has 0 fully saturated rings. The fraction of sp³-hybridized carbons (Fsp3) is 0.588. The lowest BCUT2D eigenvalue weighted by Crippen LogP contribution is -2.24. The van der Waals surface area contributed by atoms with Gasteiger partial charge in [0.25, 0.3) is 5.56 Å². The van der Waals surface area contributed by atoms with Gasteiger partial charge in [0.05, 0.1) is 0 Å². The summed E-state index contributed by atoms with van der Waals surface area (Å²) in [6.07, 6.45) is 1.70. The van der Waals surface area contributed by atoms with E-state index in [9.17, 15) is 4.79 Å². The van der Waals surface area contributed by atoms with Crippen molar-refractivity contribution in [2.75, 3.05) is 20.7 Å². The van der Waals surface area contributed by atoms with E-state index in [4.69, 9.17) is 4.74 Å². The minimum Gasteiger partial charge on any atom is -0.361 e. The number of pyridine rings is 1. The zero-order valence-electron chi connectivity index (χ0n) is 15.4. The monoisotopic (exact) mass is 413 g/mol. The quantitative estimate of drug-likeness (QED) is 0.550. The number of hydrogen-bond donors (Lipinski definition) is 1. The molecule has 2 rings (SSSR count). The maximum absolute atomic E-state index is 12.4. The summed E-state index contributed by atoms with van der Waals surface area (Å²) in [5.41, 5.74) is 1.67. The van der Waals surface area contributed by atoms with E-state index < -0.39 is 8.07 Å². The van der Waals surface area contributed by atoms with E-state index in [0.29, 0.717) is 12.2 Å². The lowest BCUT2D eigenvalue weighted by Gasteiger charge is -2.22. The normalized spacial score (nSPS) is 13.8. The molecule has 0 bridgehead atoms. The Balaban J connectivity index is 2.39. The summed E-state index contributed by atoms with van der Waals surface area (Å²) in [4.78, 5) is 17.3. The maximum Gasteiger partial charge on any atom is 0.272 e. The number of fused-ring (bicyclic) bond motifs is 1.